The number of hydrogen-bond acceptors (Lipinski definition) is 4. The first-order valence-corrected chi connectivity index (χ1v) is 10.3. The molecule has 2 aromatic rings. The third kappa shape index (κ3) is 6.38. The Morgan fingerprint density at radius 1 is 1.26 bits per heavy atom. The fourth-order valence-corrected chi connectivity index (χ4v) is 3.38. The first-order chi connectivity index (χ1) is 14.6. The molecule has 0 spiro atoms. The van der Waals surface area contributed by atoms with Gasteiger partial charge in [-0.2, -0.15) is 0 Å². The molecule has 3 rings (SSSR count). The van der Waals surface area contributed by atoms with E-state index >= 15 is 0 Å². The SMILES string of the molecule is CC1C=CC[C@H](NC(=O)OC(C)(C)C)c2cc(ccn2)-c2cc(F)ccc2NC(=O)C1. The van der Waals surface area contributed by atoms with Crippen LogP contribution in [0.4, 0.5) is 14.9 Å². The lowest BCUT2D eigenvalue weighted by Gasteiger charge is -2.23. The van der Waals surface area contributed by atoms with Crippen LogP contribution in [-0.4, -0.2) is 22.6 Å². The van der Waals surface area contributed by atoms with E-state index in [2.05, 4.69) is 15.6 Å². The summed E-state index contributed by atoms with van der Waals surface area (Å²) < 4.78 is 19.4. The van der Waals surface area contributed by atoms with E-state index in [0.29, 0.717) is 28.9 Å². The molecule has 6 nitrogen and oxygen atoms in total. The van der Waals surface area contributed by atoms with Crippen LogP contribution in [0.2, 0.25) is 0 Å². The molecule has 2 atom stereocenters. The number of halogens is 1. The van der Waals surface area contributed by atoms with Gasteiger partial charge in [-0.15, -0.1) is 0 Å². The first-order valence-electron chi connectivity index (χ1n) is 10.3. The third-order valence-electron chi connectivity index (χ3n) is 4.74. The molecule has 1 unspecified atom stereocenters. The molecule has 0 fully saturated rings. The Kier molecular flexibility index (Phi) is 6.73. The molecule has 0 saturated heterocycles. The van der Waals surface area contributed by atoms with E-state index in [1.807, 2.05) is 19.1 Å². The predicted molar refractivity (Wildman–Crippen MR) is 118 cm³/mol. The van der Waals surface area contributed by atoms with Crippen LogP contribution in [0.1, 0.15) is 52.3 Å². The maximum absolute atomic E-state index is 14.0. The molecule has 0 aliphatic carbocycles. The number of nitrogens with one attached hydrogen (secondary N) is 2. The maximum atomic E-state index is 14.0. The van der Waals surface area contributed by atoms with Gasteiger partial charge in [-0.25, -0.2) is 9.18 Å². The summed E-state index contributed by atoms with van der Waals surface area (Å²) in [6.07, 6.45) is 5.69. The van der Waals surface area contributed by atoms with Crippen LogP contribution >= 0.6 is 0 Å². The molecule has 0 radical (unpaired) electrons. The lowest BCUT2D eigenvalue weighted by molar-refractivity contribution is -0.116. The van der Waals surface area contributed by atoms with Crippen molar-refractivity contribution in [3.05, 3.63) is 60.2 Å². The molecule has 31 heavy (non-hydrogen) atoms. The highest BCUT2D eigenvalue weighted by Crippen LogP contribution is 2.31. The maximum Gasteiger partial charge on any atom is 0.408 e. The van der Waals surface area contributed by atoms with Crippen molar-refractivity contribution in [1.82, 2.24) is 10.3 Å². The number of ether oxygens (including phenoxy) is 1. The van der Waals surface area contributed by atoms with Crippen molar-refractivity contribution in [3.8, 4) is 11.1 Å². The van der Waals surface area contributed by atoms with Gasteiger partial charge in [-0.3, -0.25) is 9.78 Å². The summed E-state index contributed by atoms with van der Waals surface area (Å²) >= 11 is 0. The number of anilines is 1. The number of carbonyl (C=O) groups is 2. The molecule has 2 heterocycles. The van der Waals surface area contributed by atoms with Crippen molar-refractivity contribution in [2.75, 3.05) is 5.32 Å². The second-order valence-corrected chi connectivity index (χ2v) is 8.75. The van der Waals surface area contributed by atoms with Crippen LogP contribution in [-0.2, 0) is 9.53 Å². The number of alkyl carbamates (subject to hydrolysis) is 1. The average molecular weight is 426 g/mol. The van der Waals surface area contributed by atoms with Crippen LogP contribution in [0, 0.1) is 11.7 Å². The lowest BCUT2D eigenvalue weighted by Crippen LogP contribution is -2.35. The number of benzene rings is 1. The van der Waals surface area contributed by atoms with Crippen LogP contribution in [0.5, 0.6) is 0 Å². The van der Waals surface area contributed by atoms with E-state index in [9.17, 15) is 14.0 Å². The van der Waals surface area contributed by atoms with E-state index in [1.54, 1.807) is 45.2 Å². The average Bonchev–Trinajstić information content (AvgIpc) is 2.67. The summed E-state index contributed by atoms with van der Waals surface area (Å²) in [6.45, 7) is 7.34. The van der Waals surface area contributed by atoms with Gasteiger partial charge < -0.3 is 15.4 Å². The van der Waals surface area contributed by atoms with Crippen molar-refractivity contribution >= 4 is 17.7 Å². The standard InChI is InChI=1S/C24H28FN3O3/c1-15-6-5-7-20(28-23(30)31-24(2,3)4)21-13-16(10-11-26-21)18-14-17(25)8-9-19(18)27-22(29)12-15/h5-6,8-11,13-15,20H,7,12H2,1-4H3,(H,27,29)(H,28,30)/t15?,20-/m0/s1. The Balaban J connectivity index is 2.03. The van der Waals surface area contributed by atoms with Crippen molar-refractivity contribution in [2.24, 2.45) is 5.92 Å². The smallest absolute Gasteiger partial charge is 0.408 e. The largest absolute Gasteiger partial charge is 0.444 e. The molecular weight excluding hydrogens is 397 g/mol. The van der Waals surface area contributed by atoms with E-state index in [-0.39, 0.29) is 18.2 Å². The van der Waals surface area contributed by atoms with Gasteiger partial charge in [-0.1, -0.05) is 19.1 Å². The summed E-state index contributed by atoms with van der Waals surface area (Å²) in [4.78, 5) is 29.3. The number of carbonyl (C=O) groups excluding carboxylic acids is 2. The van der Waals surface area contributed by atoms with Gasteiger partial charge in [-0.05, 0) is 69.0 Å². The van der Waals surface area contributed by atoms with E-state index < -0.39 is 23.6 Å². The second-order valence-electron chi connectivity index (χ2n) is 8.75. The Morgan fingerprint density at radius 3 is 2.77 bits per heavy atom. The Morgan fingerprint density at radius 2 is 2.03 bits per heavy atom. The molecule has 2 N–H and O–H groups in total. The molecule has 1 aromatic heterocycles. The number of rotatable bonds is 1. The molecular formula is C24H28FN3O3. The molecule has 1 aromatic carbocycles. The third-order valence-corrected chi connectivity index (χ3v) is 4.74. The quantitative estimate of drug-likeness (QED) is 0.601. The Hall–Kier alpha value is -3.22. The molecule has 2 bridgehead atoms. The summed E-state index contributed by atoms with van der Waals surface area (Å²) in [7, 11) is 0. The molecule has 2 amide bonds. The number of aromatic nitrogens is 1. The molecule has 0 saturated carbocycles. The number of fused-ring (bicyclic) bond motifs is 4. The summed E-state index contributed by atoms with van der Waals surface area (Å²) in [6, 6.07) is 7.35. The molecule has 1 aliphatic rings. The minimum atomic E-state index is -0.629. The number of hydrogen-bond donors (Lipinski definition) is 2. The van der Waals surface area contributed by atoms with Gasteiger partial charge in [0, 0.05) is 23.9 Å². The minimum absolute atomic E-state index is 0.0112. The monoisotopic (exact) mass is 425 g/mol. The van der Waals surface area contributed by atoms with Gasteiger partial charge in [0.25, 0.3) is 0 Å². The molecule has 164 valence electrons. The molecule has 7 heteroatoms. The predicted octanol–water partition coefficient (Wildman–Crippen LogP) is 5.38. The highest BCUT2D eigenvalue weighted by molar-refractivity contribution is 5.95. The zero-order chi connectivity index (χ0) is 22.6. The topological polar surface area (TPSA) is 80.3 Å². The fourth-order valence-electron chi connectivity index (χ4n) is 3.38. The van der Waals surface area contributed by atoms with Crippen LogP contribution < -0.4 is 10.6 Å². The summed E-state index contributed by atoms with van der Waals surface area (Å²) in [5.74, 6) is -0.570. The van der Waals surface area contributed by atoms with Crippen LogP contribution in [0.3, 0.4) is 0 Å². The number of pyridine rings is 1. The zero-order valence-corrected chi connectivity index (χ0v) is 18.2. The van der Waals surface area contributed by atoms with Gasteiger partial charge in [0.2, 0.25) is 5.91 Å². The Bertz CT molecular complexity index is 998. The van der Waals surface area contributed by atoms with Gasteiger partial charge >= 0.3 is 6.09 Å². The van der Waals surface area contributed by atoms with Gasteiger partial charge in [0.05, 0.1) is 11.7 Å². The molecule has 1 aliphatic heterocycles. The van der Waals surface area contributed by atoms with Crippen LogP contribution in [0.25, 0.3) is 11.1 Å². The number of allylic oxidation sites excluding steroid dienone is 1. The van der Waals surface area contributed by atoms with E-state index in [4.69, 9.17) is 4.74 Å². The summed E-state index contributed by atoms with van der Waals surface area (Å²) in [5.41, 5.74) is 1.74. The van der Waals surface area contributed by atoms with Crippen molar-refractivity contribution < 1.29 is 18.7 Å². The Labute approximate surface area is 181 Å². The first kappa shape index (κ1) is 22.5. The van der Waals surface area contributed by atoms with E-state index in [0.717, 1.165) is 0 Å². The number of nitrogens with zero attached hydrogens (tertiary/aromatic N) is 1. The normalized spacial score (nSPS) is 19.2. The van der Waals surface area contributed by atoms with Gasteiger partial charge in [0.1, 0.15) is 11.4 Å². The van der Waals surface area contributed by atoms with Gasteiger partial charge in [0.15, 0.2) is 0 Å². The minimum Gasteiger partial charge on any atom is -0.444 e. The number of amides is 2. The van der Waals surface area contributed by atoms with Crippen molar-refractivity contribution in [3.63, 3.8) is 0 Å². The van der Waals surface area contributed by atoms with E-state index in [1.165, 1.54) is 12.1 Å². The zero-order valence-electron chi connectivity index (χ0n) is 18.2. The lowest BCUT2D eigenvalue weighted by atomic mass is 10.0. The van der Waals surface area contributed by atoms with Crippen molar-refractivity contribution in [2.45, 2.75) is 52.2 Å². The van der Waals surface area contributed by atoms with Crippen molar-refractivity contribution in [1.29, 1.82) is 0 Å². The summed E-state index contributed by atoms with van der Waals surface area (Å²) in [5, 5.41) is 5.76. The highest BCUT2D eigenvalue weighted by atomic mass is 19.1. The van der Waals surface area contributed by atoms with Crippen LogP contribution in [0.15, 0.2) is 48.7 Å². The fraction of sp³-hybridized carbons (Fsp3) is 0.375. The second kappa shape index (κ2) is 9.29. The highest BCUT2D eigenvalue weighted by Gasteiger charge is 2.22.